The summed E-state index contributed by atoms with van der Waals surface area (Å²) in [5, 5.41) is 12.6. The van der Waals surface area contributed by atoms with E-state index in [0.717, 1.165) is 10.9 Å². The first kappa shape index (κ1) is 13.9. The van der Waals surface area contributed by atoms with Crippen molar-refractivity contribution in [2.75, 3.05) is 6.54 Å². The summed E-state index contributed by atoms with van der Waals surface area (Å²) in [5.41, 5.74) is 0.322. The number of halogens is 2. The van der Waals surface area contributed by atoms with Gasteiger partial charge in [-0.1, -0.05) is 38.3 Å². The number of hydrogen-bond donors (Lipinski definition) is 2. The highest BCUT2D eigenvalue weighted by atomic mass is 79.9. The van der Waals surface area contributed by atoms with Crippen LogP contribution in [0, 0.1) is 5.92 Å². The number of benzene rings is 1. The molecule has 2 N–H and O–H groups in total. The summed E-state index contributed by atoms with van der Waals surface area (Å²) in [6.07, 6.45) is 3.52. The number of nitrogens with one attached hydrogen (secondary N) is 1. The van der Waals surface area contributed by atoms with Crippen LogP contribution in [-0.4, -0.2) is 22.4 Å². The van der Waals surface area contributed by atoms with E-state index in [0.29, 0.717) is 22.9 Å². The summed E-state index contributed by atoms with van der Waals surface area (Å²) in [6, 6.07) is 4.89. The van der Waals surface area contributed by atoms with Gasteiger partial charge in [-0.2, -0.15) is 0 Å². The molecule has 2 unspecified atom stereocenters. The van der Waals surface area contributed by atoms with Crippen LogP contribution in [0.15, 0.2) is 22.7 Å². The Bertz CT molecular complexity index is 451. The molecule has 0 radical (unpaired) electrons. The third kappa shape index (κ3) is 3.26. The fourth-order valence-corrected chi connectivity index (χ4v) is 3.36. The first-order chi connectivity index (χ1) is 8.58. The van der Waals surface area contributed by atoms with E-state index in [9.17, 15) is 9.90 Å². The molecule has 2 rings (SSSR count). The molecule has 0 aromatic heterocycles. The average molecular weight is 377 g/mol. The number of alkyl halides is 1. The number of carbonyl (C=O) groups excluding carboxylic acids is 1. The Morgan fingerprint density at radius 3 is 2.83 bits per heavy atom. The minimum Gasteiger partial charge on any atom is -0.507 e. The quantitative estimate of drug-likeness (QED) is 0.793. The van der Waals surface area contributed by atoms with Crippen LogP contribution in [0.4, 0.5) is 0 Å². The van der Waals surface area contributed by atoms with Gasteiger partial charge < -0.3 is 10.4 Å². The Hall–Kier alpha value is -0.550. The Morgan fingerprint density at radius 1 is 1.44 bits per heavy atom. The molecule has 0 spiro atoms. The molecule has 0 bridgehead atoms. The third-order valence-corrected chi connectivity index (χ3v) is 4.99. The van der Waals surface area contributed by atoms with Crippen LogP contribution in [0.3, 0.4) is 0 Å². The smallest absolute Gasteiger partial charge is 0.255 e. The molecule has 0 saturated heterocycles. The maximum Gasteiger partial charge on any atom is 0.255 e. The van der Waals surface area contributed by atoms with E-state index >= 15 is 0 Å². The summed E-state index contributed by atoms with van der Waals surface area (Å²) in [4.78, 5) is 12.4. The van der Waals surface area contributed by atoms with Crippen LogP contribution >= 0.6 is 31.9 Å². The van der Waals surface area contributed by atoms with E-state index in [-0.39, 0.29) is 11.7 Å². The van der Waals surface area contributed by atoms with E-state index in [2.05, 4.69) is 37.2 Å². The number of aromatic hydroxyl groups is 1. The molecule has 1 aromatic rings. The molecule has 0 heterocycles. The third-order valence-electron chi connectivity index (χ3n) is 3.30. The van der Waals surface area contributed by atoms with Crippen molar-refractivity contribution < 1.29 is 9.90 Å². The molecule has 1 aromatic carbocycles. The van der Waals surface area contributed by atoms with Gasteiger partial charge in [0.15, 0.2) is 0 Å². The van der Waals surface area contributed by atoms with E-state index in [1.165, 1.54) is 18.9 Å². The second kappa shape index (κ2) is 6.06. The second-order valence-electron chi connectivity index (χ2n) is 4.58. The molecule has 1 aliphatic rings. The summed E-state index contributed by atoms with van der Waals surface area (Å²) in [7, 11) is 0. The van der Waals surface area contributed by atoms with E-state index in [1.807, 2.05) is 0 Å². The maximum absolute atomic E-state index is 11.9. The van der Waals surface area contributed by atoms with Crippen molar-refractivity contribution in [2.24, 2.45) is 5.92 Å². The zero-order chi connectivity index (χ0) is 13.1. The molecule has 1 saturated carbocycles. The second-order valence-corrected chi connectivity index (χ2v) is 6.67. The molecule has 2 atom stereocenters. The lowest BCUT2D eigenvalue weighted by Crippen LogP contribution is -2.31. The molecule has 1 aliphatic carbocycles. The topological polar surface area (TPSA) is 49.3 Å². The van der Waals surface area contributed by atoms with Gasteiger partial charge in [-0.15, -0.1) is 0 Å². The van der Waals surface area contributed by atoms with Gasteiger partial charge in [-0.05, 0) is 37.0 Å². The van der Waals surface area contributed by atoms with Gasteiger partial charge in [0.2, 0.25) is 0 Å². The SMILES string of the molecule is O=C(NCC1CCCC1Br)c1ccc(Br)cc1O. The molecule has 98 valence electrons. The molecule has 1 amide bonds. The Balaban J connectivity index is 1.95. The van der Waals surface area contributed by atoms with Gasteiger partial charge in [-0.3, -0.25) is 4.79 Å². The lowest BCUT2D eigenvalue weighted by atomic mass is 10.1. The summed E-state index contributed by atoms with van der Waals surface area (Å²) < 4.78 is 0.757. The lowest BCUT2D eigenvalue weighted by molar-refractivity contribution is 0.0945. The van der Waals surface area contributed by atoms with E-state index in [4.69, 9.17) is 0 Å². The van der Waals surface area contributed by atoms with Gasteiger partial charge in [0.25, 0.3) is 5.91 Å². The van der Waals surface area contributed by atoms with Gasteiger partial charge in [0, 0.05) is 15.8 Å². The number of phenols is 1. The minimum atomic E-state index is -0.216. The number of amides is 1. The van der Waals surface area contributed by atoms with Crippen LogP contribution < -0.4 is 5.32 Å². The van der Waals surface area contributed by atoms with Crippen molar-refractivity contribution in [1.82, 2.24) is 5.32 Å². The van der Waals surface area contributed by atoms with Crippen molar-refractivity contribution in [1.29, 1.82) is 0 Å². The van der Waals surface area contributed by atoms with Crippen molar-refractivity contribution in [2.45, 2.75) is 24.1 Å². The average Bonchev–Trinajstić information content (AvgIpc) is 2.72. The van der Waals surface area contributed by atoms with Gasteiger partial charge in [-0.25, -0.2) is 0 Å². The van der Waals surface area contributed by atoms with E-state index < -0.39 is 0 Å². The molecule has 3 nitrogen and oxygen atoms in total. The Kier molecular flexibility index (Phi) is 4.67. The molecular weight excluding hydrogens is 362 g/mol. The molecular formula is C13H15Br2NO2. The van der Waals surface area contributed by atoms with Crippen molar-refractivity contribution >= 4 is 37.8 Å². The highest BCUT2D eigenvalue weighted by Gasteiger charge is 2.25. The maximum atomic E-state index is 11.9. The molecule has 18 heavy (non-hydrogen) atoms. The minimum absolute atomic E-state index is 0.00342. The normalized spacial score (nSPS) is 23.0. The Morgan fingerprint density at radius 2 is 2.22 bits per heavy atom. The van der Waals surface area contributed by atoms with Crippen LogP contribution in [-0.2, 0) is 0 Å². The first-order valence-corrected chi connectivity index (χ1v) is 7.69. The fourth-order valence-electron chi connectivity index (χ4n) is 2.24. The van der Waals surface area contributed by atoms with Crippen LogP contribution in [0.2, 0.25) is 0 Å². The summed E-state index contributed by atoms with van der Waals surface area (Å²) >= 11 is 6.88. The standard InChI is InChI=1S/C13H15Br2NO2/c14-9-4-5-10(12(17)6-9)13(18)16-7-8-2-1-3-11(8)15/h4-6,8,11,17H,1-3,7H2,(H,16,18). The zero-order valence-corrected chi connectivity index (χ0v) is 13.0. The monoisotopic (exact) mass is 375 g/mol. The van der Waals surface area contributed by atoms with Crippen LogP contribution in [0.25, 0.3) is 0 Å². The number of phenolic OH excluding ortho intramolecular Hbond substituents is 1. The predicted octanol–water partition coefficient (Wildman–Crippen LogP) is 3.45. The fraction of sp³-hybridized carbons (Fsp3) is 0.462. The van der Waals surface area contributed by atoms with Gasteiger partial charge >= 0.3 is 0 Å². The first-order valence-electron chi connectivity index (χ1n) is 5.98. The lowest BCUT2D eigenvalue weighted by Gasteiger charge is -2.15. The number of rotatable bonds is 3. The largest absolute Gasteiger partial charge is 0.507 e. The van der Waals surface area contributed by atoms with Gasteiger partial charge in [0.05, 0.1) is 5.56 Å². The Labute approximate surface area is 123 Å². The van der Waals surface area contributed by atoms with E-state index in [1.54, 1.807) is 12.1 Å². The summed E-state index contributed by atoms with van der Waals surface area (Å²) in [5.74, 6) is 0.279. The summed E-state index contributed by atoms with van der Waals surface area (Å²) in [6.45, 7) is 0.657. The zero-order valence-electron chi connectivity index (χ0n) is 9.83. The van der Waals surface area contributed by atoms with Crippen LogP contribution in [0.1, 0.15) is 29.6 Å². The number of carbonyl (C=O) groups is 1. The highest BCUT2D eigenvalue weighted by Crippen LogP contribution is 2.31. The predicted molar refractivity (Wildman–Crippen MR) is 78.2 cm³/mol. The highest BCUT2D eigenvalue weighted by molar-refractivity contribution is 9.10. The molecule has 0 aliphatic heterocycles. The van der Waals surface area contributed by atoms with Crippen molar-refractivity contribution in [3.05, 3.63) is 28.2 Å². The van der Waals surface area contributed by atoms with Crippen molar-refractivity contribution in [3.8, 4) is 5.75 Å². The molecule has 1 fully saturated rings. The van der Waals surface area contributed by atoms with Crippen LogP contribution in [0.5, 0.6) is 5.75 Å². The van der Waals surface area contributed by atoms with Crippen molar-refractivity contribution in [3.63, 3.8) is 0 Å². The van der Waals surface area contributed by atoms with Gasteiger partial charge in [0.1, 0.15) is 5.75 Å². The number of hydrogen-bond acceptors (Lipinski definition) is 2. The molecule has 5 heteroatoms.